The summed E-state index contributed by atoms with van der Waals surface area (Å²) in [5.74, 6) is 0. The van der Waals surface area contributed by atoms with E-state index in [0.29, 0.717) is 5.67 Å². The Hall–Kier alpha value is 0.274. The smallest absolute Gasteiger partial charge is 0.377 e. The molecule has 6 heteroatoms. The van der Waals surface area contributed by atoms with Crippen molar-refractivity contribution in [1.82, 2.24) is 0 Å². The predicted octanol–water partition coefficient (Wildman–Crippen LogP) is 1.39. The molecule has 4 nitrogen and oxygen atoms in total. The maximum atomic E-state index is 6.23. The highest BCUT2D eigenvalue weighted by Crippen LogP contribution is 2.18. The van der Waals surface area contributed by atoms with Crippen LogP contribution in [0.15, 0.2) is 0 Å². The molecule has 0 aromatic rings. The molecule has 0 aromatic carbocycles. The summed E-state index contributed by atoms with van der Waals surface area (Å²) in [5.41, 5.74) is 6.58. The van der Waals surface area contributed by atoms with Gasteiger partial charge in [-0.05, 0) is 12.1 Å². The molecule has 0 aliphatic carbocycles. The van der Waals surface area contributed by atoms with E-state index in [4.69, 9.17) is 19.0 Å². The lowest BCUT2D eigenvalue weighted by atomic mass is 10.5. The zero-order chi connectivity index (χ0) is 12.6. The first-order chi connectivity index (χ1) is 7.59. The fourth-order valence-corrected chi connectivity index (χ4v) is 6.59. The summed E-state index contributed by atoms with van der Waals surface area (Å²) in [4.78, 5) is 0. The van der Waals surface area contributed by atoms with Gasteiger partial charge in [0.15, 0.2) is 0 Å². The van der Waals surface area contributed by atoms with Crippen molar-refractivity contribution in [3.05, 3.63) is 0 Å². The standard InChI is InChI=1S/C10H27NO3Si2/c1-6-15(7-2)10(11)8-9-16(12-3,13-4)14-5/h10,15H,6-9,11H2,1-5H3. The molecule has 0 bridgehead atoms. The monoisotopic (exact) mass is 265 g/mol. The van der Waals surface area contributed by atoms with Gasteiger partial charge in [-0.1, -0.05) is 25.9 Å². The zero-order valence-corrected chi connectivity index (χ0v) is 13.4. The van der Waals surface area contributed by atoms with Crippen LogP contribution in [-0.4, -0.2) is 44.6 Å². The highest BCUT2D eigenvalue weighted by Gasteiger charge is 2.38. The molecule has 0 saturated heterocycles. The normalized spacial score (nSPS) is 14.4. The molecule has 0 heterocycles. The van der Waals surface area contributed by atoms with E-state index in [2.05, 4.69) is 13.8 Å². The number of nitrogens with two attached hydrogens (primary N) is 1. The molecular formula is C10H27NO3Si2. The minimum atomic E-state index is -2.41. The van der Waals surface area contributed by atoms with Crippen LogP contribution in [0.2, 0.25) is 18.1 Å². The van der Waals surface area contributed by atoms with Gasteiger partial charge in [0.05, 0.1) is 8.80 Å². The molecule has 1 atom stereocenters. The summed E-state index contributed by atoms with van der Waals surface area (Å²) in [5, 5.41) is 0. The van der Waals surface area contributed by atoms with Gasteiger partial charge in [0, 0.05) is 27.4 Å². The van der Waals surface area contributed by atoms with Crippen molar-refractivity contribution in [1.29, 1.82) is 0 Å². The summed E-state index contributed by atoms with van der Waals surface area (Å²) >= 11 is 0. The lowest BCUT2D eigenvalue weighted by Crippen LogP contribution is -2.46. The number of hydrogen-bond donors (Lipinski definition) is 1. The van der Waals surface area contributed by atoms with E-state index in [1.807, 2.05) is 0 Å². The SMILES string of the molecule is CC[SiH](CC)C(N)CC[Si](OC)(OC)OC. The zero-order valence-electron chi connectivity index (χ0n) is 11.3. The molecule has 1 unspecified atom stereocenters. The van der Waals surface area contributed by atoms with Crippen molar-refractivity contribution in [3.63, 3.8) is 0 Å². The minimum Gasteiger partial charge on any atom is -0.377 e. The Morgan fingerprint density at radius 1 is 1.06 bits per heavy atom. The number of rotatable bonds is 9. The van der Waals surface area contributed by atoms with E-state index in [9.17, 15) is 0 Å². The molecule has 2 N–H and O–H groups in total. The Labute approximate surface area is 102 Å². The molecule has 0 rings (SSSR count). The van der Waals surface area contributed by atoms with Crippen LogP contribution in [0.1, 0.15) is 20.3 Å². The van der Waals surface area contributed by atoms with Gasteiger partial charge in [0.2, 0.25) is 0 Å². The fraction of sp³-hybridized carbons (Fsp3) is 1.00. The fourth-order valence-electron chi connectivity index (χ4n) is 2.03. The van der Waals surface area contributed by atoms with Crippen LogP contribution in [-0.2, 0) is 13.3 Å². The molecule has 0 saturated carbocycles. The van der Waals surface area contributed by atoms with Crippen LogP contribution in [0, 0.1) is 0 Å². The van der Waals surface area contributed by atoms with Crippen LogP contribution in [0.5, 0.6) is 0 Å². The van der Waals surface area contributed by atoms with Crippen molar-refractivity contribution in [2.75, 3.05) is 21.3 Å². The van der Waals surface area contributed by atoms with E-state index in [-0.39, 0.29) is 0 Å². The molecule has 0 amide bonds. The average molecular weight is 266 g/mol. The third-order valence-electron chi connectivity index (χ3n) is 3.37. The molecule has 0 spiro atoms. The summed E-state index contributed by atoms with van der Waals surface area (Å²) in [6.07, 6.45) is 0.959. The maximum absolute atomic E-state index is 6.23. The third-order valence-corrected chi connectivity index (χ3v) is 9.78. The largest absolute Gasteiger partial charge is 0.500 e. The van der Waals surface area contributed by atoms with Crippen molar-refractivity contribution < 1.29 is 13.3 Å². The summed E-state index contributed by atoms with van der Waals surface area (Å²) < 4.78 is 16.2. The Balaban J connectivity index is 4.19. The first-order valence-electron chi connectivity index (χ1n) is 6.00. The topological polar surface area (TPSA) is 53.7 Å². The molecule has 0 aromatic heterocycles. The Kier molecular flexibility index (Phi) is 8.52. The molecule has 16 heavy (non-hydrogen) atoms. The van der Waals surface area contributed by atoms with E-state index < -0.39 is 17.6 Å². The summed E-state index contributed by atoms with van der Waals surface area (Å²) in [6.45, 7) is 4.49. The Morgan fingerprint density at radius 2 is 1.50 bits per heavy atom. The molecule has 98 valence electrons. The third kappa shape index (κ3) is 4.64. The quantitative estimate of drug-likeness (QED) is 0.640. The second-order valence-corrected chi connectivity index (χ2v) is 11.2. The molecule has 0 aliphatic rings. The molecule has 0 aliphatic heterocycles. The van der Waals surface area contributed by atoms with E-state index >= 15 is 0 Å². The highest BCUT2D eigenvalue weighted by atomic mass is 28.4. The summed E-state index contributed by atoms with van der Waals surface area (Å²) in [6, 6.07) is 3.35. The first-order valence-corrected chi connectivity index (χ1v) is 10.2. The van der Waals surface area contributed by atoms with Gasteiger partial charge < -0.3 is 19.0 Å². The van der Waals surface area contributed by atoms with Gasteiger partial charge >= 0.3 is 8.80 Å². The van der Waals surface area contributed by atoms with Crippen LogP contribution in [0.25, 0.3) is 0 Å². The summed E-state index contributed by atoms with van der Waals surface area (Å²) in [7, 11) is 1.77. The van der Waals surface area contributed by atoms with E-state index in [1.165, 1.54) is 12.1 Å². The van der Waals surface area contributed by atoms with Crippen LogP contribution in [0.3, 0.4) is 0 Å². The first kappa shape index (κ1) is 16.3. The second-order valence-electron chi connectivity index (χ2n) is 4.07. The Bertz CT molecular complexity index is 167. The van der Waals surface area contributed by atoms with Gasteiger partial charge in [-0.3, -0.25) is 0 Å². The van der Waals surface area contributed by atoms with Crippen LogP contribution in [0.4, 0.5) is 0 Å². The lowest BCUT2D eigenvalue weighted by molar-refractivity contribution is 0.123. The minimum absolute atomic E-state index is 0.349. The van der Waals surface area contributed by atoms with Crippen molar-refractivity contribution in [2.24, 2.45) is 5.73 Å². The van der Waals surface area contributed by atoms with Crippen LogP contribution < -0.4 is 5.73 Å². The highest BCUT2D eigenvalue weighted by molar-refractivity contribution is 6.62. The lowest BCUT2D eigenvalue weighted by Gasteiger charge is -2.27. The van der Waals surface area contributed by atoms with Gasteiger partial charge in [0.25, 0.3) is 0 Å². The van der Waals surface area contributed by atoms with E-state index in [1.54, 1.807) is 21.3 Å². The van der Waals surface area contributed by atoms with Gasteiger partial charge in [-0.15, -0.1) is 0 Å². The van der Waals surface area contributed by atoms with Gasteiger partial charge in [0.1, 0.15) is 0 Å². The van der Waals surface area contributed by atoms with Crippen molar-refractivity contribution in [2.45, 2.75) is 44.1 Å². The number of hydrogen-bond acceptors (Lipinski definition) is 4. The van der Waals surface area contributed by atoms with Crippen LogP contribution >= 0.6 is 0 Å². The second kappa shape index (κ2) is 8.38. The van der Waals surface area contributed by atoms with Gasteiger partial charge in [-0.2, -0.15) is 0 Å². The van der Waals surface area contributed by atoms with E-state index in [0.717, 1.165) is 12.5 Å². The predicted molar refractivity (Wildman–Crippen MR) is 72.3 cm³/mol. The van der Waals surface area contributed by atoms with Gasteiger partial charge in [-0.25, -0.2) is 0 Å². The molecule has 0 fully saturated rings. The average Bonchev–Trinajstić information content (AvgIpc) is 2.33. The van der Waals surface area contributed by atoms with Crippen molar-refractivity contribution >= 4 is 17.6 Å². The molecule has 0 radical (unpaired) electrons. The molecular weight excluding hydrogens is 238 g/mol. The van der Waals surface area contributed by atoms with Crippen molar-refractivity contribution in [3.8, 4) is 0 Å². The maximum Gasteiger partial charge on any atom is 0.500 e. The Morgan fingerprint density at radius 3 is 1.81 bits per heavy atom.